The summed E-state index contributed by atoms with van der Waals surface area (Å²) in [6.07, 6.45) is 0.905. The Morgan fingerprint density at radius 2 is 0.750 bits per heavy atom. The molecule has 0 saturated heterocycles. The van der Waals surface area contributed by atoms with Crippen molar-refractivity contribution < 1.29 is 20.4 Å². The van der Waals surface area contributed by atoms with Crippen LogP contribution < -0.4 is 11.5 Å². The Kier molecular flexibility index (Phi) is 7.05. The van der Waals surface area contributed by atoms with E-state index >= 15 is 0 Å². The van der Waals surface area contributed by atoms with Gasteiger partial charge in [-0.2, -0.15) is 0 Å². The first-order valence-electron chi connectivity index (χ1n) is 5.51. The van der Waals surface area contributed by atoms with E-state index in [0.29, 0.717) is 0 Å². The molecule has 16 heavy (non-hydrogen) atoms. The van der Waals surface area contributed by atoms with Gasteiger partial charge in [-0.25, -0.2) is 0 Å². The summed E-state index contributed by atoms with van der Waals surface area (Å²) in [4.78, 5) is 0. The Labute approximate surface area is 95.9 Å². The maximum absolute atomic E-state index is 8.99. The van der Waals surface area contributed by atoms with Gasteiger partial charge in [0.25, 0.3) is 0 Å². The lowest BCUT2D eigenvalue weighted by Gasteiger charge is -2.45. The predicted octanol–water partition coefficient (Wildman–Crippen LogP) is -2.09. The summed E-state index contributed by atoms with van der Waals surface area (Å²) in [7, 11) is 0. The molecule has 8 N–H and O–H groups in total. The molecule has 0 amide bonds. The van der Waals surface area contributed by atoms with Crippen molar-refractivity contribution in [2.75, 3.05) is 26.4 Å². The molecule has 0 saturated carbocycles. The van der Waals surface area contributed by atoms with Crippen LogP contribution in [0.1, 0.15) is 25.7 Å². The second-order valence-electron chi connectivity index (χ2n) is 4.21. The SMILES string of the molecule is NC(CCO)(CCO)C(N)(CCO)CCO. The third kappa shape index (κ3) is 3.65. The Bertz CT molecular complexity index is 158. The molecular formula is C10H24N2O4. The topological polar surface area (TPSA) is 133 Å². The minimum Gasteiger partial charge on any atom is -0.396 e. The molecule has 0 aliphatic rings. The molecule has 0 aromatic heterocycles. The van der Waals surface area contributed by atoms with E-state index in [0.717, 1.165) is 0 Å². The van der Waals surface area contributed by atoms with Gasteiger partial charge in [-0.15, -0.1) is 0 Å². The van der Waals surface area contributed by atoms with Crippen LogP contribution in [-0.2, 0) is 0 Å². The van der Waals surface area contributed by atoms with Crippen molar-refractivity contribution in [1.29, 1.82) is 0 Å². The number of hydrogen-bond acceptors (Lipinski definition) is 6. The molecule has 0 radical (unpaired) electrons. The van der Waals surface area contributed by atoms with Crippen LogP contribution >= 0.6 is 0 Å². The molecule has 0 spiro atoms. The molecule has 0 unspecified atom stereocenters. The van der Waals surface area contributed by atoms with Crippen LogP contribution in [0.2, 0.25) is 0 Å². The maximum atomic E-state index is 8.99. The van der Waals surface area contributed by atoms with Crippen molar-refractivity contribution in [3.05, 3.63) is 0 Å². The summed E-state index contributed by atoms with van der Waals surface area (Å²) in [5.74, 6) is 0. The fourth-order valence-electron chi connectivity index (χ4n) is 2.04. The Hall–Kier alpha value is -0.240. The number of hydrogen-bond donors (Lipinski definition) is 6. The Balaban J connectivity index is 4.90. The summed E-state index contributed by atoms with van der Waals surface area (Å²) < 4.78 is 0. The molecular weight excluding hydrogens is 212 g/mol. The number of aliphatic hydroxyl groups excluding tert-OH is 4. The summed E-state index contributed by atoms with van der Waals surface area (Å²) in [6.45, 7) is -0.586. The van der Waals surface area contributed by atoms with Crippen LogP contribution in [0.5, 0.6) is 0 Å². The highest BCUT2D eigenvalue weighted by Crippen LogP contribution is 2.30. The molecule has 0 atom stereocenters. The van der Waals surface area contributed by atoms with E-state index in [1.54, 1.807) is 0 Å². The first kappa shape index (κ1) is 15.8. The number of rotatable bonds is 9. The smallest absolute Gasteiger partial charge is 0.0449 e. The molecule has 6 heteroatoms. The van der Waals surface area contributed by atoms with Crippen LogP contribution in [-0.4, -0.2) is 57.9 Å². The predicted molar refractivity (Wildman–Crippen MR) is 60.6 cm³/mol. The van der Waals surface area contributed by atoms with E-state index in [1.807, 2.05) is 0 Å². The molecule has 0 bridgehead atoms. The zero-order chi connectivity index (χ0) is 12.7. The van der Waals surface area contributed by atoms with Crippen LogP contribution in [0.25, 0.3) is 0 Å². The lowest BCUT2D eigenvalue weighted by Crippen LogP contribution is -2.67. The largest absolute Gasteiger partial charge is 0.396 e. The Morgan fingerprint density at radius 3 is 0.875 bits per heavy atom. The average molecular weight is 236 g/mol. The molecule has 0 rings (SSSR count). The minimum atomic E-state index is -0.984. The quantitative estimate of drug-likeness (QED) is 0.272. The van der Waals surface area contributed by atoms with E-state index in [2.05, 4.69) is 0 Å². The van der Waals surface area contributed by atoms with Crippen LogP contribution in [0.15, 0.2) is 0 Å². The molecule has 0 aromatic rings. The van der Waals surface area contributed by atoms with Gasteiger partial charge < -0.3 is 31.9 Å². The fourth-order valence-corrected chi connectivity index (χ4v) is 2.04. The molecule has 6 nitrogen and oxygen atoms in total. The average Bonchev–Trinajstić information content (AvgIpc) is 2.19. The number of aliphatic hydroxyl groups is 4. The highest BCUT2D eigenvalue weighted by atomic mass is 16.3. The first-order valence-corrected chi connectivity index (χ1v) is 5.51. The third-order valence-electron chi connectivity index (χ3n) is 3.22. The Morgan fingerprint density at radius 1 is 0.562 bits per heavy atom. The van der Waals surface area contributed by atoms with Crippen molar-refractivity contribution >= 4 is 0 Å². The fraction of sp³-hybridized carbons (Fsp3) is 1.00. The molecule has 98 valence electrons. The first-order chi connectivity index (χ1) is 7.49. The summed E-state index contributed by atoms with van der Waals surface area (Å²) >= 11 is 0. The van der Waals surface area contributed by atoms with Crippen molar-refractivity contribution in [3.8, 4) is 0 Å². The van der Waals surface area contributed by atoms with Gasteiger partial charge >= 0.3 is 0 Å². The van der Waals surface area contributed by atoms with Gasteiger partial charge in [-0.1, -0.05) is 0 Å². The van der Waals surface area contributed by atoms with E-state index in [4.69, 9.17) is 31.9 Å². The van der Waals surface area contributed by atoms with E-state index < -0.39 is 11.1 Å². The zero-order valence-corrected chi connectivity index (χ0v) is 9.60. The highest BCUT2D eigenvalue weighted by molar-refractivity contribution is 5.06. The highest BCUT2D eigenvalue weighted by Gasteiger charge is 2.44. The van der Waals surface area contributed by atoms with Gasteiger partial charge in [0.15, 0.2) is 0 Å². The minimum absolute atomic E-state index is 0.147. The van der Waals surface area contributed by atoms with Gasteiger partial charge in [0.2, 0.25) is 0 Å². The van der Waals surface area contributed by atoms with E-state index in [1.165, 1.54) is 0 Å². The molecule has 0 aliphatic carbocycles. The van der Waals surface area contributed by atoms with Gasteiger partial charge in [-0.3, -0.25) is 0 Å². The van der Waals surface area contributed by atoms with Gasteiger partial charge in [0, 0.05) is 37.5 Å². The summed E-state index contributed by atoms with van der Waals surface area (Å²) in [5.41, 5.74) is 10.2. The monoisotopic (exact) mass is 236 g/mol. The van der Waals surface area contributed by atoms with Crippen molar-refractivity contribution in [2.24, 2.45) is 11.5 Å². The summed E-state index contributed by atoms with van der Waals surface area (Å²) in [6, 6.07) is 0. The normalized spacial score (nSPS) is 13.1. The third-order valence-corrected chi connectivity index (χ3v) is 3.22. The lowest BCUT2D eigenvalue weighted by atomic mass is 9.70. The van der Waals surface area contributed by atoms with Crippen LogP contribution in [0.3, 0.4) is 0 Å². The standard InChI is InChI=1S/C10H24N2O4/c11-9(1-5-13,2-6-14)10(12,3-7-15)4-8-16/h13-16H,1-8,11-12H2. The van der Waals surface area contributed by atoms with Gasteiger partial charge in [0.05, 0.1) is 0 Å². The van der Waals surface area contributed by atoms with Crippen molar-refractivity contribution in [2.45, 2.75) is 36.8 Å². The second-order valence-corrected chi connectivity index (χ2v) is 4.21. The number of nitrogens with two attached hydrogens (primary N) is 2. The van der Waals surface area contributed by atoms with Crippen LogP contribution in [0, 0.1) is 0 Å². The molecule has 0 heterocycles. The summed E-state index contributed by atoms with van der Waals surface area (Å²) in [5, 5.41) is 35.9. The van der Waals surface area contributed by atoms with E-state index in [9.17, 15) is 0 Å². The van der Waals surface area contributed by atoms with Crippen molar-refractivity contribution in [3.63, 3.8) is 0 Å². The lowest BCUT2D eigenvalue weighted by molar-refractivity contribution is 0.0796. The molecule has 0 fully saturated rings. The van der Waals surface area contributed by atoms with Gasteiger partial charge in [-0.05, 0) is 25.7 Å². The maximum Gasteiger partial charge on any atom is 0.0449 e. The van der Waals surface area contributed by atoms with Crippen molar-refractivity contribution in [1.82, 2.24) is 0 Å². The zero-order valence-electron chi connectivity index (χ0n) is 9.60. The molecule has 0 aromatic carbocycles. The second kappa shape index (κ2) is 7.16. The van der Waals surface area contributed by atoms with Gasteiger partial charge in [0.1, 0.15) is 0 Å². The van der Waals surface area contributed by atoms with E-state index in [-0.39, 0.29) is 52.1 Å². The van der Waals surface area contributed by atoms with Crippen LogP contribution in [0.4, 0.5) is 0 Å². The molecule has 0 aliphatic heterocycles.